The lowest BCUT2D eigenvalue weighted by atomic mass is 9.94. The number of urea groups is 1. The van der Waals surface area contributed by atoms with Crippen molar-refractivity contribution in [1.29, 1.82) is 0 Å². The van der Waals surface area contributed by atoms with Crippen LogP contribution in [-0.4, -0.2) is 29.7 Å². The molecule has 0 aromatic heterocycles. The molecule has 0 aliphatic rings. The first-order valence-electron chi connectivity index (χ1n) is 7.36. The Labute approximate surface area is 121 Å². The van der Waals surface area contributed by atoms with E-state index >= 15 is 0 Å². The van der Waals surface area contributed by atoms with Crippen LogP contribution < -0.4 is 10.6 Å². The first kappa shape index (κ1) is 18.5. The zero-order valence-electron chi connectivity index (χ0n) is 12.7. The van der Waals surface area contributed by atoms with Crippen LogP contribution in [0.1, 0.15) is 52.4 Å². The first-order chi connectivity index (χ1) is 9.49. The maximum Gasteiger partial charge on any atom is 0.315 e. The lowest BCUT2D eigenvalue weighted by Crippen LogP contribution is -2.41. The Balaban J connectivity index is 3.88. The van der Waals surface area contributed by atoms with Crippen LogP contribution in [0.2, 0.25) is 0 Å². The highest BCUT2D eigenvalue weighted by atomic mass is 16.4. The van der Waals surface area contributed by atoms with Gasteiger partial charge in [0.05, 0.1) is 0 Å². The Bertz CT molecular complexity index is 305. The first-order valence-corrected chi connectivity index (χ1v) is 7.36. The Morgan fingerprint density at radius 3 is 2.55 bits per heavy atom. The normalized spacial score (nSPS) is 13.3. The van der Waals surface area contributed by atoms with Crippen LogP contribution in [0.3, 0.4) is 0 Å². The fourth-order valence-corrected chi connectivity index (χ4v) is 2.14. The number of aliphatic carboxylic acids is 1. The molecule has 0 rings (SSSR count). The van der Waals surface area contributed by atoms with Gasteiger partial charge in [0.1, 0.15) is 0 Å². The number of carbonyl (C=O) groups excluding carboxylic acids is 1. The minimum Gasteiger partial charge on any atom is -0.481 e. The molecule has 2 atom stereocenters. The summed E-state index contributed by atoms with van der Waals surface area (Å²) in [7, 11) is 0. The summed E-state index contributed by atoms with van der Waals surface area (Å²) in [6, 6.07) is -0.0983. The van der Waals surface area contributed by atoms with E-state index in [0.29, 0.717) is 18.9 Å². The van der Waals surface area contributed by atoms with Crippen LogP contribution >= 0.6 is 0 Å². The van der Waals surface area contributed by atoms with Gasteiger partial charge < -0.3 is 15.7 Å². The molecule has 0 aromatic carbocycles. The average Bonchev–Trinajstić information content (AvgIpc) is 2.35. The van der Waals surface area contributed by atoms with Gasteiger partial charge in [-0.2, -0.15) is 0 Å². The second-order valence-electron chi connectivity index (χ2n) is 5.20. The van der Waals surface area contributed by atoms with Crippen LogP contribution in [0.25, 0.3) is 0 Å². The number of rotatable bonds is 11. The number of hydrogen-bond donors (Lipinski definition) is 3. The van der Waals surface area contributed by atoms with Crippen molar-refractivity contribution < 1.29 is 14.7 Å². The Morgan fingerprint density at radius 2 is 2.00 bits per heavy atom. The number of nitrogens with one attached hydrogen (secondary N) is 2. The molecule has 0 aliphatic carbocycles. The average molecular weight is 284 g/mol. The lowest BCUT2D eigenvalue weighted by Gasteiger charge is -2.17. The van der Waals surface area contributed by atoms with Crippen molar-refractivity contribution in [3.8, 4) is 0 Å². The number of carboxylic acids is 1. The molecule has 0 radical (unpaired) electrons. The number of hydrogen-bond acceptors (Lipinski definition) is 2. The summed E-state index contributed by atoms with van der Waals surface area (Å²) in [6.45, 7) is 8.22. The Kier molecular flexibility index (Phi) is 10.5. The van der Waals surface area contributed by atoms with E-state index in [-0.39, 0.29) is 18.5 Å². The van der Waals surface area contributed by atoms with E-state index in [2.05, 4.69) is 24.1 Å². The summed E-state index contributed by atoms with van der Waals surface area (Å²) in [6.07, 6.45) is 6.26. The highest BCUT2D eigenvalue weighted by Gasteiger charge is 2.11. The molecule has 0 aliphatic heterocycles. The monoisotopic (exact) mass is 284 g/mol. The summed E-state index contributed by atoms with van der Waals surface area (Å²) in [5.74, 6) is -0.392. The topological polar surface area (TPSA) is 78.4 Å². The van der Waals surface area contributed by atoms with Gasteiger partial charge in [0, 0.05) is 19.0 Å². The van der Waals surface area contributed by atoms with E-state index in [0.717, 1.165) is 25.7 Å². The fourth-order valence-electron chi connectivity index (χ4n) is 2.14. The Hall–Kier alpha value is -1.52. The van der Waals surface area contributed by atoms with Gasteiger partial charge in [0.15, 0.2) is 0 Å². The van der Waals surface area contributed by atoms with E-state index < -0.39 is 5.97 Å². The molecule has 116 valence electrons. The quantitative estimate of drug-likeness (QED) is 0.510. The second kappa shape index (κ2) is 11.3. The minimum absolute atomic E-state index is 0.0750. The summed E-state index contributed by atoms with van der Waals surface area (Å²) in [4.78, 5) is 22.2. The van der Waals surface area contributed by atoms with Gasteiger partial charge >= 0.3 is 12.0 Å². The van der Waals surface area contributed by atoms with Crippen molar-refractivity contribution in [2.24, 2.45) is 5.92 Å². The van der Waals surface area contributed by atoms with E-state index in [1.54, 1.807) is 6.08 Å². The van der Waals surface area contributed by atoms with Crippen LogP contribution in [0, 0.1) is 5.92 Å². The van der Waals surface area contributed by atoms with Crippen molar-refractivity contribution >= 4 is 12.0 Å². The summed E-state index contributed by atoms with van der Waals surface area (Å²) in [5, 5.41) is 14.3. The molecule has 20 heavy (non-hydrogen) atoms. The molecule has 2 amide bonds. The number of carboxylic acid groups (broad SMARTS) is 1. The molecule has 3 N–H and O–H groups in total. The maximum atomic E-state index is 11.6. The third-order valence-electron chi connectivity index (χ3n) is 3.20. The van der Waals surface area contributed by atoms with Crippen molar-refractivity contribution in [3.05, 3.63) is 12.7 Å². The van der Waals surface area contributed by atoms with E-state index in [4.69, 9.17) is 5.11 Å². The molecular weight excluding hydrogens is 256 g/mol. The van der Waals surface area contributed by atoms with Crippen molar-refractivity contribution in [2.75, 3.05) is 6.54 Å². The van der Waals surface area contributed by atoms with Gasteiger partial charge in [-0.05, 0) is 32.1 Å². The van der Waals surface area contributed by atoms with Crippen LogP contribution in [-0.2, 0) is 4.79 Å². The highest BCUT2D eigenvalue weighted by molar-refractivity contribution is 5.74. The van der Waals surface area contributed by atoms with Gasteiger partial charge in [-0.15, -0.1) is 6.58 Å². The van der Waals surface area contributed by atoms with E-state index in [1.807, 2.05) is 6.92 Å². The molecule has 0 aromatic rings. The van der Waals surface area contributed by atoms with Crippen molar-refractivity contribution in [3.63, 3.8) is 0 Å². The predicted molar refractivity (Wildman–Crippen MR) is 80.7 cm³/mol. The highest BCUT2D eigenvalue weighted by Crippen LogP contribution is 2.17. The maximum absolute atomic E-state index is 11.6. The SMILES string of the molecule is C=CCC(C)NC(=O)NCCC(CCC)CCC(=O)O. The largest absolute Gasteiger partial charge is 0.481 e. The zero-order valence-corrected chi connectivity index (χ0v) is 12.7. The predicted octanol–water partition coefficient (Wildman–Crippen LogP) is 2.92. The molecule has 0 fully saturated rings. The molecule has 0 spiro atoms. The third-order valence-corrected chi connectivity index (χ3v) is 3.20. The van der Waals surface area contributed by atoms with Gasteiger partial charge in [-0.1, -0.05) is 25.8 Å². The van der Waals surface area contributed by atoms with Crippen molar-refractivity contribution in [2.45, 2.75) is 58.4 Å². The molecule has 0 saturated heterocycles. The van der Waals surface area contributed by atoms with E-state index in [9.17, 15) is 9.59 Å². The third kappa shape index (κ3) is 10.4. The van der Waals surface area contributed by atoms with E-state index in [1.165, 1.54) is 0 Å². The summed E-state index contributed by atoms with van der Waals surface area (Å²) >= 11 is 0. The lowest BCUT2D eigenvalue weighted by molar-refractivity contribution is -0.137. The van der Waals surface area contributed by atoms with Crippen LogP contribution in [0.5, 0.6) is 0 Å². The molecule has 0 bridgehead atoms. The number of amides is 2. The molecule has 2 unspecified atom stereocenters. The fraction of sp³-hybridized carbons (Fsp3) is 0.733. The smallest absolute Gasteiger partial charge is 0.315 e. The zero-order chi connectivity index (χ0) is 15.4. The summed E-state index contributed by atoms with van der Waals surface area (Å²) < 4.78 is 0. The molecule has 5 heteroatoms. The van der Waals surface area contributed by atoms with Crippen molar-refractivity contribution in [1.82, 2.24) is 10.6 Å². The van der Waals surface area contributed by atoms with Gasteiger partial charge in [-0.3, -0.25) is 4.79 Å². The number of carbonyl (C=O) groups is 2. The second-order valence-corrected chi connectivity index (χ2v) is 5.20. The van der Waals surface area contributed by atoms with Gasteiger partial charge in [0.25, 0.3) is 0 Å². The van der Waals surface area contributed by atoms with Crippen LogP contribution in [0.4, 0.5) is 4.79 Å². The van der Waals surface area contributed by atoms with Crippen LogP contribution in [0.15, 0.2) is 12.7 Å². The summed E-state index contributed by atoms with van der Waals surface area (Å²) in [5.41, 5.74) is 0. The molecule has 0 heterocycles. The van der Waals surface area contributed by atoms with Gasteiger partial charge in [0.2, 0.25) is 0 Å². The standard InChI is InChI=1S/C15H28N2O3/c1-4-6-12(3)17-15(20)16-11-10-13(7-5-2)8-9-14(18)19/h4,12-13H,1,5-11H2,2-3H3,(H,18,19)(H2,16,17,20). The molecular formula is C15H28N2O3. The molecule has 0 saturated carbocycles. The minimum atomic E-state index is -0.755. The van der Waals surface area contributed by atoms with Gasteiger partial charge in [-0.25, -0.2) is 4.79 Å². The molecule has 5 nitrogen and oxygen atoms in total. The Morgan fingerprint density at radius 1 is 1.30 bits per heavy atom.